The molecule has 1 heterocycles. The molecule has 3 nitrogen and oxygen atoms in total. The fourth-order valence-corrected chi connectivity index (χ4v) is 1.24. The molecule has 14 heavy (non-hydrogen) atoms. The number of hydrogen-bond acceptors (Lipinski definition) is 3. The maximum absolute atomic E-state index is 5.58. The Morgan fingerprint density at radius 2 is 2.07 bits per heavy atom. The third-order valence-corrected chi connectivity index (χ3v) is 2.00. The van der Waals surface area contributed by atoms with E-state index < -0.39 is 0 Å². The van der Waals surface area contributed by atoms with Gasteiger partial charge in [0.25, 0.3) is 0 Å². The Bertz CT molecular complexity index is 240. The Kier molecular flexibility index (Phi) is 4.43. The first-order valence-electron chi connectivity index (χ1n) is 4.73. The van der Waals surface area contributed by atoms with Crippen LogP contribution in [0.1, 0.15) is 12.8 Å². The lowest BCUT2D eigenvalue weighted by Crippen LogP contribution is -2.07. The number of ether oxygens (including phenoxy) is 2. The van der Waals surface area contributed by atoms with Gasteiger partial charge in [-0.3, -0.25) is 0 Å². The first-order valence-corrected chi connectivity index (χ1v) is 4.73. The molecule has 0 aliphatic carbocycles. The van der Waals surface area contributed by atoms with Crippen molar-refractivity contribution in [3.05, 3.63) is 36.6 Å². The molecule has 0 saturated carbocycles. The molecule has 1 rings (SSSR count). The highest BCUT2D eigenvalue weighted by Gasteiger charge is 2.14. The summed E-state index contributed by atoms with van der Waals surface area (Å²) in [6, 6.07) is 0. The topological polar surface area (TPSA) is 44.5 Å². The minimum Gasteiger partial charge on any atom is -0.399 e. The van der Waals surface area contributed by atoms with Crippen LogP contribution in [0.3, 0.4) is 0 Å². The van der Waals surface area contributed by atoms with Crippen LogP contribution in [0.2, 0.25) is 0 Å². The molecule has 1 aliphatic rings. The summed E-state index contributed by atoms with van der Waals surface area (Å²) >= 11 is 0. The van der Waals surface area contributed by atoms with Gasteiger partial charge in [0.1, 0.15) is 0 Å². The first-order chi connectivity index (χ1) is 6.72. The van der Waals surface area contributed by atoms with Gasteiger partial charge in [-0.15, -0.1) is 0 Å². The van der Waals surface area contributed by atoms with Crippen molar-refractivity contribution in [3.63, 3.8) is 0 Å². The van der Waals surface area contributed by atoms with Crippen LogP contribution >= 0.6 is 0 Å². The van der Waals surface area contributed by atoms with E-state index in [1.807, 2.05) is 6.08 Å². The number of rotatable bonds is 5. The van der Waals surface area contributed by atoms with Crippen LogP contribution in [0.4, 0.5) is 0 Å². The normalized spacial score (nSPS) is 18.4. The predicted molar refractivity (Wildman–Crippen MR) is 56.5 cm³/mol. The van der Waals surface area contributed by atoms with E-state index in [1.54, 1.807) is 6.08 Å². The second-order valence-corrected chi connectivity index (χ2v) is 3.22. The molecular weight excluding hydrogens is 178 g/mol. The highest BCUT2D eigenvalue weighted by atomic mass is 16.7. The van der Waals surface area contributed by atoms with Crippen LogP contribution in [0.15, 0.2) is 36.6 Å². The molecular formula is C11H17NO2. The lowest BCUT2D eigenvalue weighted by atomic mass is 10.1. The van der Waals surface area contributed by atoms with Gasteiger partial charge in [0, 0.05) is 12.1 Å². The minimum absolute atomic E-state index is 0.0647. The van der Waals surface area contributed by atoms with Crippen LogP contribution in [-0.4, -0.2) is 19.5 Å². The first kappa shape index (κ1) is 11.0. The van der Waals surface area contributed by atoms with Gasteiger partial charge in [0.05, 0.1) is 13.2 Å². The van der Waals surface area contributed by atoms with Crippen molar-refractivity contribution in [2.24, 2.45) is 5.73 Å². The van der Waals surface area contributed by atoms with Gasteiger partial charge in [-0.25, -0.2) is 0 Å². The zero-order valence-electron chi connectivity index (χ0n) is 8.37. The largest absolute Gasteiger partial charge is 0.399 e. The van der Waals surface area contributed by atoms with Crippen molar-refractivity contribution in [2.45, 2.75) is 19.1 Å². The maximum Gasteiger partial charge on any atom is 0.158 e. The SMILES string of the molecule is C=C/C(N)=C\C(=C)CCC1OCCO1. The van der Waals surface area contributed by atoms with E-state index in [9.17, 15) is 0 Å². The zero-order valence-corrected chi connectivity index (χ0v) is 8.37. The predicted octanol–water partition coefficient (Wildman–Crippen LogP) is 1.72. The Morgan fingerprint density at radius 3 is 2.64 bits per heavy atom. The Morgan fingerprint density at radius 1 is 1.43 bits per heavy atom. The van der Waals surface area contributed by atoms with Gasteiger partial charge in [0.2, 0.25) is 0 Å². The lowest BCUT2D eigenvalue weighted by molar-refractivity contribution is -0.0460. The van der Waals surface area contributed by atoms with Gasteiger partial charge in [-0.1, -0.05) is 18.7 Å². The average Bonchev–Trinajstić information content (AvgIpc) is 2.67. The summed E-state index contributed by atoms with van der Waals surface area (Å²) in [5.41, 5.74) is 7.19. The molecule has 0 aromatic carbocycles. The number of nitrogens with two attached hydrogens (primary N) is 1. The molecule has 1 aliphatic heterocycles. The Balaban J connectivity index is 2.23. The monoisotopic (exact) mass is 195 g/mol. The zero-order chi connectivity index (χ0) is 10.4. The quantitative estimate of drug-likeness (QED) is 0.679. The molecule has 0 spiro atoms. The molecule has 0 aromatic heterocycles. The molecule has 0 atom stereocenters. The van der Waals surface area contributed by atoms with Crippen molar-refractivity contribution < 1.29 is 9.47 Å². The number of allylic oxidation sites excluding steroid dienone is 3. The van der Waals surface area contributed by atoms with Gasteiger partial charge < -0.3 is 15.2 Å². The molecule has 1 fully saturated rings. The third kappa shape index (κ3) is 3.77. The Hall–Kier alpha value is -1.06. The summed E-state index contributed by atoms with van der Waals surface area (Å²) in [6.45, 7) is 8.85. The van der Waals surface area contributed by atoms with Gasteiger partial charge in [-0.2, -0.15) is 0 Å². The van der Waals surface area contributed by atoms with Crippen LogP contribution in [0.5, 0.6) is 0 Å². The minimum atomic E-state index is -0.0647. The smallest absolute Gasteiger partial charge is 0.158 e. The maximum atomic E-state index is 5.58. The van der Waals surface area contributed by atoms with E-state index in [1.165, 1.54) is 0 Å². The van der Waals surface area contributed by atoms with E-state index in [2.05, 4.69) is 13.2 Å². The molecule has 3 heteroatoms. The molecule has 2 N–H and O–H groups in total. The molecule has 1 saturated heterocycles. The van der Waals surface area contributed by atoms with Crippen LogP contribution in [-0.2, 0) is 9.47 Å². The van der Waals surface area contributed by atoms with E-state index in [4.69, 9.17) is 15.2 Å². The molecule has 0 amide bonds. The summed E-state index contributed by atoms with van der Waals surface area (Å²) < 4.78 is 10.6. The highest BCUT2D eigenvalue weighted by molar-refractivity contribution is 5.24. The molecule has 0 unspecified atom stereocenters. The summed E-state index contributed by atoms with van der Waals surface area (Å²) in [4.78, 5) is 0. The second kappa shape index (κ2) is 5.62. The third-order valence-electron chi connectivity index (χ3n) is 2.00. The van der Waals surface area contributed by atoms with Crippen LogP contribution in [0.25, 0.3) is 0 Å². The van der Waals surface area contributed by atoms with Gasteiger partial charge in [0.15, 0.2) is 6.29 Å². The highest BCUT2D eigenvalue weighted by Crippen LogP contribution is 2.14. The van der Waals surface area contributed by atoms with Gasteiger partial charge >= 0.3 is 0 Å². The van der Waals surface area contributed by atoms with Crippen molar-refractivity contribution in [2.75, 3.05) is 13.2 Å². The standard InChI is InChI=1S/C11H17NO2/c1-3-10(12)8-9(2)4-5-11-13-6-7-14-11/h3,8,11H,1-2,4-7,12H2/b10-8+. The van der Waals surface area contributed by atoms with Crippen molar-refractivity contribution in [1.29, 1.82) is 0 Å². The lowest BCUT2D eigenvalue weighted by Gasteiger charge is -2.08. The van der Waals surface area contributed by atoms with Crippen LogP contribution in [0, 0.1) is 0 Å². The number of hydrogen-bond donors (Lipinski definition) is 1. The van der Waals surface area contributed by atoms with E-state index in [-0.39, 0.29) is 6.29 Å². The molecule has 0 aromatic rings. The molecule has 0 radical (unpaired) electrons. The fourth-order valence-electron chi connectivity index (χ4n) is 1.24. The molecule has 0 bridgehead atoms. The van der Waals surface area contributed by atoms with E-state index >= 15 is 0 Å². The summed E-state index contributed by atoms with van der Waals surface area (Å²) in [7, 11) is 0. The molecule has 78 valence electrons. The van der Waals surface area contributed by atoms with Crippen molar-refractivity contribution >= 4 is 0 Å². The van der Waals surface area contributed by atoms with E-state index in [0.717, 1.165) is 18.4 Å². The van der Waals surface area contributed by atoms with Crippen molar-refractivity contribution in [1.82, 2.24) is 0 Å². The summed E-state index contributed by atoms with van der Waals surface area (Å²) in [5, 5.41) is 0. The second-order valence-electron chi connectivity index (χ2n) is 3.22. The fraction of sp³-hybridized carbons (Fsp3) is 0.455. The van der Waals surface area contributed by atoms with Crippen LogP contribution < -0.4 is 5.73 Å². The van der Waals surface area contributed by atoms with Gasteiger partial charge in [-0.05, 0) is 18.6 Å². The summed E-state index contributed by atoms with van der Waals surface area (Å²) in [5.74, 6) is 0. The van der Waals surface area contributed by atoms with E-state index in [0.29, 0.717) is 18.9 Å². The Labute approximate surface area is 84.9 Å². The average molecular weight is 195 g/mol. The summed E-state index contributed by atoms with van der Waals surface area (Å²) in [6.07, 6.45) is 5.03. The van der Waals surface area contributed by atoms with Crippen molar-refractivity contribution in [3.8, 4) is 0 Å².